The van der Waals surface area contributed by atoms with Gasteiger partial charge >= 0.3 is 0 Å². The largest absolute Gasteiger partial charge is 0.496 e. The summed E-state index contributed by atoms with van der Waals surface area (Å²) in [5.41, 5.74) is 2.88. The van der Waals surface area contributed by atoms with Crippen LogP contribution in [0.1, 0.15) is 20.7 Å². The van der Waals surface area contributed by atoms with Gasteiger partial charge in [0.25, 0.3) is 11.8 Å². The summed E-state index contributed by atoms with van der Waals surface area (Å²) in [4.78, 5) is 29.8. The van der Waals surface area contributed by atoms with Crippen LogP contribution in [-0.4, -0.2) is 50.0 Å². The number of nitrogens with one attached hydrogen (secondary N) is 1. The zero-order valence-corrected chi connectivity index (χ0v) is 20.7. The molecule has 1 N–H and O–H groups in total. The molecule has 1 saturated heterocycles. The molecule has 1 aliphatic rings. The number of benzene rings is 4. The molecule has 0 spiro atoms. The zero-order chi connectivity index (χ0) is 25.1. The van der Waals surface area contributed by atoms with Crippen LogP contribution in [0.3, 0.4) is 0 Å². The normalized spacial score (nSPS) is 13.5. The van der Waals surface area contributed by atoms with Crippen LogP contribution in [0.4, 0.5) is 11.4 Å². The Morgan fingerprint density at radius 3 is 2.28 bits per heavy atom. The van der Waals surface area contributed by atoms with Gasteiger partial charge in [-0.2, -0.15) is 0 Å². The second-order valence-electron chi connectivity index (χ2n) is 8.69. The molecule has 182 valence electrons. The lowest BCUT2D eigenvalue weighted by atomic mass is 10.1. The van der Waals surface area contributed by atoms with Gasteiger partial charge in [-0.3, -0.25) is 9.59 Å². The highest BCUT2D eigenvalue weighted by atomic mass is 35.5. The maximum atomic E-state index is 13.0. The van der Waals surface area contributed by atoms with E-state index >= 15 is 0 Å². The third-order valence-electron chi connectivity index (χ3n) is 6.46. The topological polar surface area (TPSA) is 61.9 Å². The minimum atomic E-state index is -0.142. The SMILES string of the molecule is COc1ccc(Cl)cc1C(=O)N1CCN(c2ccc(NC(=O)c3ccc4ccccc4c3)cc2)CC1. The maximum absolute atomic E-state index is 13.0. The average molecular weight is 500 g/mol. The fraction of sp³-hybridized carbons (Fsp3) is 0.172. The van der Waals surface area contributed by atoms with E-state index in [1.165, 1.54) is 0 Å². The molecule has 2 amide bonds. The molecule has 1 heterocycles. The van der Waals surface area contributed by atoms with Crippen molar-refractivity contribution in [2.45, 2.75) is 0 Å². The molecule has 0 aromatic heterocycles. The van der Waals surface area contributed by atoms with Crippen molar-refractivity contribution in [2.24, 2.45) is 0 Å². The van der Waals surface area contributed by atoms with E-state index in [1.54, 1.807) is 25.3 Å². The smallest absolute Gasteiger partial charge is 0.257 e. The first-order chi connectivity index (χ1) is 17.5. The summed E-state index contributed by atoms with van der Waals surface area (Å²) in [6, 6.07) is 26.6. The van der Waals surface area contributed by atoms with Crippen molar-refractivity contribution in [3.63, 3.8) is 0 Å². The third-order valence-corrected chi connectivity index (χ3v) is 6.70. The van der Waals surface area contributed by atoms with Gasteiger partial charge < -0.3 is 19.9 Å². The Morgan fingerprint density at radius 1 is 0.833 bits per heavy atom. The highest BCUT2D eigenvalue weighted by molar-refractivity contribution is 6.31. The Balaban J connectivity index is 1.20. The number of nitrogens with zero attached hydrogens (tertiary/aromatic N) is 2. The standard InChI is InChI=1S/C29H26ClN3O3/c1-36-27-13-8-23(30)19-26(27)29(35)33-16-14-32(15-17-33)25-11-9-24(10-12-25)31-28(34)22-7-6-20-4-2-3-5-21(20)18-22/h2-13,18-19H,14-17H2,1H3,(H,31,34). The van der Waals surface area contributed by atoms with Crippen molar-refractivity contribution in [1.29, 1.82) is 0 Å². The van der Waals surface area contributed by atoms with E-state index in [4.69, 9.17) is 16.3 Å². The van der Waals surface area contributed by atoms with Gasteiger partial charge in [0.1, 0.15) is 5.75 Å². The van der Waals surface area contributed by atoms with Crippen molar-refractivity contribution in [3.05, 3.63) is 101 Å². The van der Waals surface area contributed by atoms with E-state index in [9.17, 15) is 9.59 Å². The van der Waals surface area contributed by atoms with Crippen molar-refractivity contribution in [2.75, 3.05) is 43.5 Å². The fourth-order valence-electron chi connectivity index (χ4n) is 4.47. The summed E-state index contributed by atoms with van der Waals surface area (Å²) in [5.74, 6) is 0.297. The van der Waals surface area contributed by atoms with Gasteiger partial charge in [-0.05, 0) is 65.4 Å². The first-order valence-corrected chi connectivity index (χ1v) is 12.2. The number of hydrogen-bond donors (Lipinski definition) is 1. The van der Waals surface area contributed by atoms with Crippen molar-refractivity contribution in [1.82, 2.24) is 4.90 Å². The van der Waals surface area contributed by atoms with Gasteiger partial charge in [-0.1, -0.05) is 41.9 Å². The number of carbonyl (C=O) groups excluding carboxylic acids is 2. The Bertz CT molecular complexity index is 1410. The van der Waals surface area contributed by atoms with E-state index in [1.807, 2.05) is 71.6 Å². The molecule has 0 atom stereocenters. The molecular formula is C29H26ClN3O3. The van der Waals surface area contributed by atoms with Crippen LogP contribution >= 0.6 is 11.6 Å². The van der Waals surface area contributed by atoms with Crippen LogP contribution in [-0.2, 0) is 0 Å². The van der Waals surface area contributed by atoms with Gasteiger partial charge in [0.05, 0.1) is 12.7 Å². The van der Waals surface area contributed by atoms with Crippen LogP contribution in [0.2, 0.25) is 5.02 Å². The lowest BCUT2D eigenvalue weighted by Crippen LogP contribution is -2.48. The highest BCUT2D eigenvalue weighted by Gasteiger charge is 2.24. The highest BCUT2D eigenvalue weighted by Crippen LogP contribution is 2.26. The number of amides is 2. The van der Waals surface area contributed by atoms with E-state index < -0.39 is 0 Å². The predicted octanol–water partition coefficient (Wildman–Crippen LogP) is 5.72. The molecule has 0 unspecified atom stereocenters. The Labute approximate surface area is 215 Å². The first-order valence-electron chi connectivity index (χ1n) is 11.8. The number of halogens is 1. The summed E-state index contributed by atoms with van der Waals surface area (Å²) in [5, 5.41) is 5.62. The second-order valence-corrected chi connectivity index (χ2v) is 9.12. The minimum Gasteiger partial charge on any atom is -0.496 e. The summed E-state index contributed by atoms with van der Waals surface area (Å²) in [6.45, 7) is 2.60. The number of piperazine rings is 1. The number of fused-ring (bicyclic) bond motifs is 1. The molecule has 7 heteroatoms. The van der Waals surface area contributed by atoms with Gasteiger partial charge in [-0.25, -0.2) is 0 Å². The minimum absolute atomic E-state index is 0.0826. The van der Waals surface area contributed by atoms with Gasteiger partial charge in [0.2, 0.25) is 0 Å². The molecule has 4 aromatic rings. The second kappa shape index (κ2) is 10.3. The molecule has 1 fully saturated rings. The summed E-state index contributed by atoms with van der Waals surface area (Å²) < 4.78 is 5.34. The molecule has 5 rings (SSSR count). The molecule has 6 nitrogen and oxygen atoms in total. The Kier molecular flexibility index (Phi) is 6.78. The van der Waals surface area contributed by atoms with Crippen molar-refractivity contribution >= 4 is 45.6 Å². The number of methoxy groups -OCH3 is 1. The molecule has 0 bridgehead atoms. The van der Waals surface area contributed by atoms with Crippen LogP contribution in [0.25, 0.3) is 10.8 Å². The quantitative estimate of drug-likeness (QED) is 0.381. The van der Waals surface area contributed by atoms with E-state index in [0.717, 1.165) is 22.1 Å². The number of carbonyl (C=O) groups is 2. The molecule has 1 aliphatic heterocycles. The molecule has 4 aromatic carbocycles. The number of rotatable bonds is 5. The zero-order valence-electron chi connectivity index (χ0n) is 19.9. The summed E-state index contributed by atoms with van der Waals surface area (Å²) in [7, 11) is 1.55. The maximum Gasteiger partial charge on any atom is 0.257 e. The van der Waals surface area contributed by atoms with E-state index in [2.05, 4.69) is 10.2 Å². The lowest BCUT2D eigenvalue weighted by molar-refractivity contribution is 0.0743. The number of hydrogen-bond acceptors (Lipinski definition) is 4. The average Bonchev–Trinajstić information content (AvgIpc) is 2.93. The Morgan fingerprint density at radius 2 is 1.56 bits per heavy atom. The van der Waals surface area contributed by atoms with E-state index in [0.29, 0.717) is 48.1 Å². The van der Waals surface area contributed by atoms with Crippen molar-refractivity contribution < 1.29 is 14.3 Å². The lowest BCUT2D eigenvalue weighted by Gasteiger charge is -2.36. The van der Waals surface area contributed by atoms with Crippen molar-refractivity contribution in [3.8, 4) is 5.75 Å². The predicted molar refractivity (Wildman–Crippen MR) is 144 cm³/mol. The first kappa shape index (κ1) is 23.7. The third kappa shape index (κ3) is 4.99. The van der Waals surface area contributed by atoms with Crippen LogP contribution in [0, 0.1) is 0 Å². The fourth-order valence-corrected chi connectivity index (χ4v) is 4.65. The summed E-state index contributed by atoms with van der Waals surface area (Å²) >= 11 is 6.10. The molecule has 0 radical (unpaired) electrons. The molecular weight excluding hydrogens is 474 g/mol. The van der Waals surface area contributed by atoms with Gasteiger partial charge in [-0.15, -0.1) is 0 Å². The van der Waals surface area contributed by atoms with Crippen LogP contribution in [0.15, 0.2) is 84.9 Å². The molecule has 0 aliphatic carbocycles. The van der Waals surface area contributed by atoms with Gasteiger partial charge in [0, 0.05) is 48.1 Å². The van der Waals surface area contributed by atoms with Gasteiger partial charge in [0.15, 0.2) is 0 Å². The van der Waals surface area contributed by atoms with E-state index in [-0.39, 0.29) is 11.8 Å². The Hall–Kier alpha value is -4.03. The number of anilines is 2. The monoisotopic (exact) mass is 499 g/mol. The van der Waals surface area contributed by atoms with Crippen LogP contribution < -0.4 is 15.0 Å². The molecule has 0 saturated carbocycles. The molecule has 36 heavy (non-hydrogen) atoms. The number of ether oxygens (including phenoxy) is 1. The summed E-state index contributed by atoms with van der Waals surface area (Å²) in [6.07, 6.45) is 0. The van der Waals surface area contributed by atoms with Crippen LogP contribution in [0.5, 0.6) is 5.75 Å².